The SMILES string of the molecule is C=C(CN(C)CC1=CC=CCC=C1)NC(=NCCCN1CC1)c1ccccc1C. The number of benzene rings is 1. The van der Waals surface area contributed by atoms with Crippen LogP contribution < -0.4 is 5.32 Å². The number of amidine groups is 1. The summed E-state index contributed by atoms with van der Waals surface area (Å²) in [4.78, 5) is 9.62. The Balaban J connectivity index is 1.58. The van der Waals surface area contributed by atoms with Gasteiger partial charge in [-0.3, -0.25) is 9.89 Å². The average molecular weight is 391 g/mol. The molecule has 4 heteroatoms. The van der Waals surface area contributed by atoms with Crippen molar-refractivity contribution in [2.24, 2.45) is 4.99 Å². The summed E-state index contributed by atoms with van der Waals surface area (Å²) in [7, 11) is 2.13. The fraction of sp³-hybridized carbons (Fsp3) is 0.400. The molecule has 1 aromatic carbocycles. The number of aryl methyl sites for hydroxylation is 1. The van der Waals surface area contributed by atoms with Crippen LogP contribution in [0.2, 0.25) is 0 Å². The van der Waals surface area contributed by atoms with E-state index in [-0.39, 0.29) is 0 Å². The normalized spacial score (nSPS) is 16.7. The summed E-state index contributed by atoms with van der Waals surface area (Å²) in [6.45, 7) is 12.5. The lowest BCUT2D eigenvalue weighted by molar-refractivity contribution is 0.392. The molecule has 1 saturated heterocycles. The predicted molar refractivity (Wildman–Crippen MR) is 124 cm³/mol. The number of allylic oxidation sites excluding steroid dienone is 4. The zero-order chi connectivity index (χ0) is 20.5. The standard InChI is InChI=1S/C25H34N4/c1-21-11-8-9-14-24(21)25(26-15-10-16-29-17-18-29)27-22(2)19-28(3)20-23-12-6-4-5-7-13-23/h4,6-9,11-14H,2,5,10,15-20H2,1,3H3,(H,26,27). The molecule has 0 saturated carbocycles. The van der Waals surface area contributed by atoms with Crippen molar-refractivity contribution in [3.63, 3.8) is 0 Å². The van der Waals surface area contributed by atoms with Crippen LogP contribution >= 0.6 is 0 Å². The molecule has 29 heavy (non-hydrogen) atoms. The maximum Gasteiger partial charge on any atom is 0.132 e. The van der Waals surface area contributed by atoms with Crippen molar-refractivity contribution in [3.05, 3.63) is 83.6 Å². The summed E-state index contributed by atoms with van der Waals surface area (Å²) in [6, 6.07) is 8.41. The minimum atomic E-state index is 0.771. The highest BCUT2D eigenvalue weighted by molar-refractivity contribution is 6.01. The van der Waals surface area contributed by atoms with Crippen LogP contribution in [0.4, 0.5) is 0 Å². The molecule has 3 rings (SSSR count). The van der Waals surface area contributed by atoms with Gasteiger partial charge < -0.3 is 10.2 Å². The molecule has 1 aliphatic carbocycles. The first-order valence-electron chi connectivity index (χ1n) is 10.6. The van der Waals surface area contributed by atoms with E-state index in [0.717, 1.165) is 56.1 Å². The third kappa shape index (κ3) is 7.48. The molecule has 0 amide bonds. The lowest BCUT2D eigenvalue weighted by Gasteiger charge is -2.21. The van der Waals surface area contributed by atoms with Crippen LogP contribution in [0.1, 0.15) is 24.0 Å². The Morgan fingerprint density at radius 1 is 1.24 bits per heavy atom. The van der Waals surface area contributed by atoms with Crippen molar-refractivity contribution in [2.45, 2.75) is 19.8 Å². The summed E-state index contributed by atoms with van der Waals surface area (Å²) >= 11 is 0. The number of rotatable bonds is 10. The van der Waals surface area contributed by atoms with E-state index in [4.69, 9.17) is 4.99 Å². The summed E-state index contributed by atoms with van der Waals surface area (Å²) in [6.07, 6.45) is 13.0. The topological polar surface area (TPSA) is 30.6 Å². The van der Waals surface area contributed by atoms with Crippen molar-refractivity contribution in [3.8, 4) is 0 Å². The lowest BCUT2D eigenvalue weighted by atomic mass is 10.1. The molecule has 1 heterocycles. The lowest BCUT2D eigenvalue weighted by Crippen LogP contribution is -2.32. The van der Waals surface area contributed by atoms with Gasteiger partial charge in [0.2, 0.25) is 0 Å². The first kappa shape index (κ1) is 21.3. The van der Waals surface area contributed by atoms with Gasteiger partial charge in [0.05, 0.1) is 0 Å². The Morgan fingerprint density at radius 3 is 2.86 bits per heavy atom. The molecule has 1 aromatic rings. The summed E-state index contributed by atoms with van der Waals surface area (Å²) < 4.78 is 0. The van der Waals surface area contributed by atoms with E-state index in [1.165, 1.54) is 24.2 Å². The van der Waals surface area contributed by atoms with Gasteiger partial charge in [0.15, 0.2) is 0 Å². The van der Waals surface area contributed by atoms with Crippen LogP contribution in [0.25, 0.3) is 0 Å². The second-order valence-corrected chi connectivity index (χ2v) is 7.95. The smallest absolute Gasteiger partial charge is 0.132 e. The Kier molecular flexibility index (Phi) is 8.03. The Bertz CT molecular complexity index is 812. The van der Waals surface area contributed by atoms with Gasteiger partial charge in [0.1, 0.15) is 5.84 Å². The van der Waals surface area contributed by atoms with Crippen LogP contribution in [0.15, 0.2) is 77.5 Å². The second-order valence-electron chi connectivity index (χ2n) is 7.95. The average Bonchev–Trinajstić information content (AvgIpc) is 3.52. The largest absolute Gasteiger partial charge is 0.343 e. The number of likely N-dealkylation sites (N-methyl/N-ethyl adjacent to an activating group) is 1. The molecule has 154 valence electrons. The molecule has 0 spiro atoms. The van der Waals surface area contributed by atoms with Gasteiger partial charge in [-0.1, -0.05) is 61.2 Å². The zero-order valence-electron chi connectivity index (χ0n) is 17.9. The maximum atomic E-state index is 4.90. The molecule has 4 nitrogen and oxygen atoms in total. The van der Waals surface area contributed by atoms with Gasteiger partial charge in [-0.2, -0.15) is 0 Å². The molecule has 0 bridgehead atoms. The van der Waals surface area contributed by atoms with Crippen molar-refractivity contribution in [1.82, 2.24) is 15.1 Å². The van der Waals surface area contributed by atoms with Crippen molar-refractivity contribution < 1.29 is 0 Å². The quantitative estimate of drug-likeness (QED) is 0.284. The highest BCUT2D eigenvalue weighted by Gasteiger charge is 2.15. The number of hydrogen-bond donors (Lipinski definition) is 1. The van der Waals surface area contributed by atoms with Gasteiger partial charge in [0.25, 0.3) is 0 Å². The predicted octanol–water partition coefficient (Wildman–Crippen LogP) is 3.92. The van der Waals surface area contributed by atoms with E-state index in [0.29, 0.717) is 0 Å². The van der Waals surface area contributed by atoms with E-state index >= 15 is 0 Å². The zero-order valence-corrected chi connectivity index (χ0v) is 17.9. The molecule has 2 aliphatic rings. The number of nitrogens with one attached hydrogen (secondary N) is 1. The van der Waals surface area contributed by atoms with E-state index < -0.39 is 0 Å². The Hall–Kier alpha value is -2.43. The summed E-state index contributed by atoms with van der Waals surface area (Å²) in [5, 5.41) is 3.51. The molecule has 1 N–H and O–H groups in total. The molecule has 0 atom stereocenters. The molecular weight excluding hydrogens is 356 g/mol. The highest BCUT2D eigenvalue weighted by atomic mass is 15.3. The number of aliphatic imine (C=N–C) groups is 1. The van der Waals surface area contributed by atoms with Crippen LogP contribution in [0, 0.1) is 6.92 Å². The molecule has 1 fully saturated rings. The van der Waals surface area contributed by atoms with Crippen molar-refractivity contribution in [2.75, 3.05) is 46.3 Å². The molecule has 0 radical (unpaired) electrons. The Labute approximate surface area is 176 Å². The van der Waals surface area contributed by atoms with Gasteiger partial charge in [-0.05, 0) is 44.5 Å². The fourth-order valence-corrected chi connectivity index (χ4v) is 3.44. The summed E-state index contributed by atoms with van der Waals surface area (Å²) in [5.74, 6) is 0.934. The first-order valence-corrected chi connectivity index (χ1v) is 10.6. The van der Waals surface area contributed by atoms with Gasteiger partial charge >= 0.3 is 0 Å². The van der Waals surface area contributed by atoms with E-state index in [2.05, 4.69) is 90.3 Å². The van der Waals surface area contributed by atoms with Crippen molar-refractivity contribution in [1.29, 1.82) is 0 Å². The van der Waals surface area contributed by atoms with Crippen molar-refractivity contribution >= 4 is 5.84 Å². The molecule has 1 aliphatic heterocycles. The van der Waals surface area contributed by atoms with E-state index in [1.807, 2.05) is 0 Å². The maximum absolute atomic E-state index is 4.90. The summed E-state index contributed by atoms with van der Waals surface area (Å²) in [5.41, 5.74) is 4.67. The third-order valence-corrected chi connectivity index (χ3v) is 5.10. The first-order chi connectivity index (χ1) is 14.1. The molecular formula is C25H34N4. The minimum absolute atomic E-state index is 0.771. The van der Waals surface area contributed by atoms with Gasteiger partial charge in [0, 0.05) is 44.0 Å². The highest BCUT2D eigenvalue weighted by Crippen LogP contribution is 2.11. The van der Waals surface area contributed by atoms with Gasteiger partial charge in [-0.25, -0.2) is 0 Å². The van der Waals surface area contributed by atoms with Crippen LogP contribution in [0.3, 0.4) is 0 Å². The molecule has 0 unspecified atom stereocenters. The second kappa shape index (κ2) is 10.9. The number of nitrogens with zero attached hydrogens (tertiary/aromatic N) is 3. The monoisotopic (exact) mass is 390 g/mol. The van der Waals surface area contributed by atoms with Crippen LogP contribution in [-0.4, -0.2) is 62.0 Å². The van der Waals surface area contributed by atoms with Crippen LogP contribution in [-0.2, 0) is 0 Å². The molecule has 0 aromatic heterocycles. The third-order valence-electron chi connectivity index (χ3n) is 5.10. The Morgan fingerprint density at radius 2 is 2.07 bits per heavy atom. The number of hydrogen-bond acceptors (Lipinski definition) is 3. The van der Waals surface area contributed by atoms with E-state index in [9.17, 15) is 0 Å². The van der Waals surface area contributed by atoms with Crippen LogP contribution in [0.5, 0.6) is 0 Å². The van der Waals surface area contributed by atoms with E-state index in [1.54, 1.807) is 0 Å². The fourth-order valence-electron chi connectivity index (χ4n) is 3.44. The minimum Gasteiger partial charge on any atom is -0.343 e. The van der Waals surface area contributed by atoms with Gasteiger partial charge in [-0.15, -0.1) is 0 Å².